The van der Waals surface area contributed by atoms with Crippen LogP contribution in [0, 0.1) is 5.92 Å². The van der Waals surface area contributed by atoms with E-state index in [2.05, 4.69) is 14.7 Å². The number of methoxy groups -OCH3 is 1. The second kappa shape index (κ2) is 5.41. The van der Waals surface area contributed by atoms with Crippen molar-refractivity contribution in [2.75, 3.05) is 7.11 Å². The third kappa shape index (κ3) is 3.28. The molecule has 2 N–H and O–H groups in total. The van der Waals surface area contributed by atoms with Crippen molar-refractivity contribution in [3.63, 3.8) is 0 Å². The van der Waals surface area contributed by atoms with E-state index in [1.165, 1.54) is 7.11 Å². The van der Waals surface area contributed by atoms with E-state index in [1.807, 2.05) is 0 Å². The Bertz CT molecular complexity index is 316. The molecule has 5 heteroatoms. The van der Waals surface area contributed by atoms with Gasteiger partial charge in [-0.05, 0) is 6.07 Å². The zero-order valence-electron chi connectivity index (χ0n) is 8.88. The summed E-state index contributed by atoms with van der Waals surface area (Å²) in [6, 6.07) is 1.42. The minimum absolute atomic E-state index is 0.307. The summed E-state index contributed by atoms with van der Waals surface area (Å²) in [6.07, 6.45) is 3.77. The average Bonchev–Trinajstić information content (AvgIpc) is 2.28. The molecule has 0 aliphatic heterocycles. The summed E-state index contributed by atoms with van der Waals surface area (Å²) in [6.45, 7) is 1.74. The summed E-state index contributed by atoms with van der Waals surface area (Å²) in [5.41, 5.74) is 5.84. The summed E-state index contributed by atoms with van der Waals surface area (Å²) in [4.78, 5) is 19.3. The van der Waals surface area contributed by atoms with Crippen LogP contribution in [0.2, 0.25) is 0 Å². The summed E-state index contributed by atoms with van der Waals surface area (Å²) < 4.78 is 4.61. The number of nitrogens with zero attached hydrogens (tertiary/aromatic N) is 2. The van der Waals surface area contributed by atoms with Gasteiger partial charge in [-0.15, -0.1) is 0 Å². The number of aromatic nitrogens is 2. The van der Waals surface area contributed by atoms with Crippen LogP contribution in [-0.2, 0) is 16.0 Å². The van der Waals surface area contributed by atoms with E-state index in [0.29, 0.717) is 12.2 Å². The molecule has 0 saturated heterocycles. The van der Waals surface area contributed by atoms with Crippen molar-refractivity contribution in [1.82, 2.24) is 9.97 Å². The first-order chi connectivity index (χ1) is 7.15. The fourth-order valence-electron chi connectivity index (χ4n) is 1.18. The first-order valence-electron chi connectivity index (χ1n) is 4.74. The van der Waals surface area contributed by atoms with E-state index < -0.39 is 0 Å². The predicted octanol–water partition coefficient (Wildman–Crippen LogP) is 0.155. The van der Waals surface area contributed by atoms with Crippen LogP contribution in [0.3, 0.4) is 0 Å². The first-order valence-corrected chi connectivity index (χ1v) is 4.74. The normalized spacial score (nSPS) is 14.3. The molecular formula is C10H15N3O2. The van der Waals surface area contributed by atoms with Crippen molar-refractivity contribution in [2.24, 2.45) is 11.7 Å². The van der Waals surface area contributed by atoms with Gasteiger partial charge in [0.1, 0.15) is 5.82 Å². The molecule has 0 bridgehead atoms. The highest BCUT2D eigenvalue weighted by molar-refractivity contribution is 5.72. The lowest BCUT2D eigenvalue weighted by atomic mass is 10.00. The minimum atomic E-state index is -0.348. The molecule has 1 heterocycles. The Kier molecular flexibility index (Phi) is 4.17. The van der Waals surface area contributed by atoms with Gasteiger partial charge in [0.25, 0.3) is 0 Å². The van der Waals surface area contributed by atoms with Gasteiger partial charge in [0.05, 0.1) is 13.0 Å². The SMILES string of the molecule is COC(=O)C(C)C(N)Cc1ncccn1. The predicted molar refractivity (Wildman–Crippen MR) is 54.9 cm³/mol. The van der Waals surface area contributed by atoms with Crippen molar-refractivity contribution in [3.05, 3.63) is 24.3 Å². The smallest absolute Gasteiger partial charge is 0.309 e. The molecule has 0 saturated carbocycles. The first kappa shape index (κ1) is 11.6. The molecule has 1 aromatic rings. The molecule has 2 atom stereocenters. The third-order valence-electron chi connectivity index (χ3n) is 2.25. The lowest BCUT2D eigenvalue weighted by Gasteiger charge is -2.16. The van der Waals surface area contributed by atoms with E-state index in [9.17, 15) is 4.79 Å². The van der Waals surface area contributed by atoms with Gasteiger partial charge in [-0.25, -0.2) is 9.97 Å². The molecule has 0 aliphatic carbocycles. The molecule has 0 radical (unpaired) electrons. The van der Waals surface area contributed by atoms with Crippen LogP contribution in [0.25, 0.3) is 0 Å². The largest absolute Gasteiger partial charge is 0.469 e. The maximum absolute atomic E-state index is 11.2. The van der Waals surface area contributed by atoms with E-state index in [-0.39, 0.29) is 17.9 Å². The molecule has 5 nitrogen and oxygen atoms in total. The van der Waals surface area contributed by atoms with Crippen molar-refractivity contribution < 1.29 is 9.53 Å². The zero-order chi connectivity index (χ0) is 11.3. The molecule has 0 aliphatic rings. The van der Waals surface area contributed by atoms with Crippen LogP contribution in [0.15, 0.2) is 18.5 Å². The quantitative estimate of drug-likeness (QED) is 0.714. The maximum atomic E-state index is 11.2. The molecule has 0 fully saturated rings. The van der Waals surface area contributed by atoms with E-state index in [0.717, 1.165) is 0 Å². The number of carbonyl (C=O) groups is 1. The number of hydrogen-bond acceptors (Lipinski definition) is 5. The van der Waals surface area contributed by atoms with Gasteiger partial charge >= 0.3 is 5.97 Å². The summed E-state index contributed by atoms with van der Waals surface area (Å²) in [5.74, 6) is -0.0157. The fraction of sp³-hybridized carbons (Fsp3) is 0.500. The number of ether oxygens (including phenoxy) is 1. The van der Waals surface area contributed by atoms with Crippen LogP contribution < -0.4 is 5.73 Å². The Morgan fingerprint density at radius 3 is 2.67 bits per heavy atom. The van der Waals surface area contributed by atoms with Crippen molar-refractivity contribution in [2.45, 2.75) is 19.4 Å². The topological polar surface area (TPSA) is 78.1 Å². The molecule has 0 spiro atoms. The molecule has 15 heavy (non-hydrogen) atoms. The third-order valence-corrected chi connectivity index (χ3v) is 2.25. The average molecular weight is 209 g/mol. The minimum Gasteiger partial charge on any atom is -0.469 e. The van der Waals surface area contributed by atoms with Crippen molar-refractivity contribution in [3.8, 4) is 0 Å². The number of rotatable bonds is 4. The Hall–Kier alpha value is -1.49. The van der Waals surface area contributed by atoms with Crippen LogP contribution in [0.5, 0.6) is 0 Å². The molecule has 1 aromatic heterocycles. The highest BCUT2D eigenvalue weighted by Gasteiger charge is 2.22. The summed E-state index contributed by atoms with van der Waals surface area (Å²) in [5, 5.41) is 0. The van der Waals surface area contributed by atoms with Crippen LogP contribution >= 0.6 is 0 Å². The van der Waals surface area contributed by atoms with Gasteiger partial charge in [-0.2, -0.15) is 0 Å². The highest BCUT2D eigenvalue weighted by atomic mass is 16.5. The lowest BCUT2D eigenvalue weighted by molar-refractivity contribution is -0.145. The van der Waals surface area contributed by atoms with Crippen LogP contribution in [-0.4, -0.2) is 29.1 Å². The second-order valence-electron chi connectivity index (χ2n) is 3.34. The van der Waals surface area contributed by atoms with E-state index in [1.54, 1.807) is 25.4 Å². The molecule has 82 valence electrons. The highest BCUT2D eigenvalue weighted by Crippen LogP contribution is 2.06. The Morgan fingerprint density at radius 2 is 2.13 bits per heavy atom. The number of nitrogens with two attached hydrogens (primary N) is 1. The standard InChI is InChI=1S/C10H15N3O2/c1-7(10(14)15-2)8(11)6-9-12-4-3-5-13-9/h3-5,7-8H,6,11H2,1-2H3. The maximum Gasteiger partial charge on any atom is 0.309 e. The Morgan fingerprint density at radius 1 is 1.53 bits per heavy atom. The molecule has 0 amide bonds. The molecule has 1 rings (SSSR count). The monoisotopic (exact) mass is 209 g/mol. The number of hydrogen-bond donors (Lipinski definition) is 1. The van der Waals surface area contributed by atoms with Gasteiger partial charge in [0.15, 0.2) is 0 Å². The second-order valence-corrected chi connectivity index (χ2v) is 3.34. The van der Waals surface area contributed by atoms with E-state index in [4.69, 9.17) is 5.73 Å². The molecular weight excluding hydrogens is 194 g/mol. The summed E-state index contributed by atoms with van der Waals surface area (Å²) in [7, 11) is 1.35. The van der Waals surface area contributed by atoms with Crippen molar-refractivity contribution in [1.29, 1.82) is 0 Å². The van der Waals surface area contributed by atoms with Gasteiger partial charge < -0.3 is 10.5 Å². The number of esters is 1. The lowest BCUT2D eigenvalue weighted by Crippen LogP contribution is -2.36. The van der Waals surface area contributed by atoms with Gasteiger partial charge in [0, 0.05) is 24.9 Å². The Balaban J connectivity index is 2.56. The van der Waals surface area contributed by atoms with Crippen molar-refractivity contribution >= 4 is 5.97 Å². The van der Waals surface area contributed by atoms with E-state index >= 15 is 0 Å². The summed E-state index contributed by atoms with van der Waals surface area (Å²) >= 11 is 0. The fourth-order valence-corrected chi connectivity index (χ4v) is 1.18. The zero-order valence-corrected chi connectivity index (χ0v) is 8.88. The Labute approximate surface area is 88.7 Å². The van der Waals surface area contributed by atoms with Gasteiger partial charge in [-0.1, -0.05) is 6.92 Å². The van der Waals surface area contributed by atoms with Gasteiger partial charge in [0.2, 0.25) is 0 Å². The number of carbonyl (C=O) groups excluding carboxylic acids is 1. The molecule has 0 aromatic carbocycles. The molecule has 2 unspecified atom stereocenters. The van der Waals surface area contributed by atoms with Crippen LogP contribution in [0.1, 0.15) is 12.7 Å². The van der Waals surface area contributed by atoms with Gasteiger partial charge in [-0.3, -0.25) is 4.79 Å². The van der Waals surface area contributed by atoms with Crippen LogP contribution in [0.4, 0.5) is 0 Å².